The predicted octanol–water partition coefficient (Wildman–Crippen LogP) is 1.43. The van der Waals surface area contributed by atoms with Crippen LogP contribution < -0.4 is 0 Å². The Morgan fingerprint density at radius 1 is 1.25 bits per heavy atom. The van der Waals surface area contributed by atoms with Crippen molar-refractivity contribution in [1.82, 2.24) is 14.7 Å². The van der Waals surface area contributed by atoms with Crippen LogP contribution in [0.15, 0.2) is 24.3 Å². The van der Waals surface area contributed by atoms with E-state index in [9.17, 15) is 9.90 Å². The van der Waals surface area contributed by atoms with Crippen LogP contribution in [0.3, 0.4) is 0 Å². The topological polar surface area (TPSA) is 56.2 Å². The molecule has 4 rings (SSSR count). The Morgan fingerprint density at radius 2 is 2.00 bits per heavy atom. The second-order valence-corrected chi connectivity index (χ2v) is 9.35. The molecule has 0 saturated carbocycles. The van der Waals surface area contributed by atoms with Crippen LogP contribution in [0.4, 0.5) is 0 Å². The van der Waals surface area contributed by atoms with Gasteiger partial charge in [0.2, 0.25) is 0 Å². The van der Waals surface area contributed by atoms with Crippen molar-refractivity contribution in [2.24, 2.45) is 5.92 Å². The number of rotatable bonds is 5. The summed E-state index contributed by atoms with van der Waals surface area (Å²) in [6.45, 7) is 11.5. The van der Waals surface area contributed by atoms with Gasteiger partial charge in [-0.25, -0.2) is 4.79 Å². The van der Waals surface area contributed by atoms with Crippen molar-refractivity contribution in [2.75, 3.05) is 46.4 Å². The zero-order valence-electron chi connectivity index (χ0n) is 17.3. The molecule has 3 aliphatic rings. The molecule has 0 aromatic heterocycles. The number of nitrogens with zero attached hydrogens (tertiary/aromatic N) is 3. The maximum Gasteiger partial charge on any atom is 0.337 e. The van der Waals surface area contributed by atoms with Gasteiger partial charge in [-0.3, -0.25) is 14.7 Å². The number of piperazine rings is 1. The second kappa shape index (κ2) is 7.75. The summed E-state index contributed by atoms with van der Waals surface area (Å²) in [5.41, 5.74) is 1.91. The molecule has 28 heavy (non-hydrogen) atoms. The van der Waals surface area contributed by atoms with E-state index < -0.39 is 0 Å². The highest BCUT2D eigenvalue weighted by molar-refractivity contribution is 5.89. The zero-order chi connectivity index (χ0) is 19.9. The molecule has 1 N–H and O–H groups in total. The van der Waals surface area contributed by atoms with E-state index in [-0.39, 0.29) is 17.6 Å². The van der Waals surface area contributed by atoms with Crippen LogP contribution >= 0.6 is 0 Å². The number of hydrogen-bond acceptors (Lipinski definition) is 6. The monoisotopic (exact) mass is 387 g/mol. The lowest BCUT2D eigenvalue weighted by Gasteiger charge is -2.61. The van der Waals surface area contributed by atoms with Gasteiger partial charge in [-0.1, -0.05) is 26.0 Å². The highest BCUT2D eigenvalue weighted by atomic mass is 16.5. The highest BCUT2D eigenvalue weighted by Gasteiger charge is 2.55. The number of carbonyl (C=O) groups excluding carboxylic acids is 1. The number of aliphatic hydroxyl groups is 1. The normalized spacial score (nSPS) is 27.8. The van der Waals surface area contributed by atoms with E-state index >= 15 is 0 Å². The van der Waals surface area contributed by atoms with Crippen molar-refractivity contribution in [3.8, 4) is 0 Å². The highest BCUT2D eigenvalue weighted by Crippen LogP contribution is 2.39. The minimum absolute atomic E-state index is 0.162. The fourth-order valence-electron chi connectivity index (χ4n) is 5.52. The number of carbonyl (C=O) groups is 1. The number of fused-ring (bicyclic) bond motifs is 2. The number of hydrogen-bond donors (Lipinski definition) is 1. The number of β-amino-alcohol motifs (C(OH)–C–C–N with tert-alkyl or cyclic N) is 1. The van der Waals surface area contributed by atoms with Crippen LogP contribution in [-0.4, -0.2) is 89.8 Å². The maximum absolute atomic E-state index is 11.9. The van der Waals surface area contributed by atoms with E-state index in [0.29, 0.717) is 17.5 Å². The lowest BCUT2D eigenvalue weighted by Crippen LogP contribution is -2.78. The smallest absolute Gasteiger partial charge is 0.337 e. The van der Waals surface area contributed by atoms with Gasteiger partial charge in [-0.05, 0) is 30.0 Å². The van der Waals surface area contributed by atoms with Crippen molar-refractivity contribution in [2.45, 2.75) is 44.5 Å². The number of benzene rings is 1. The van der Waals surface area contributed by atoms with Crippen molar-refractivity contribution in [3.63, 3.8) is 0 Å². The van der Waals surface area contributed by atoms with Gasteiger partial charge >= 0.3 is 5.97 Å². The van der Waals surface area contributed by atoms with Crippen LogP contribution in [0.2, 0.25) is 0 Å². The average Bonchev–Trinajstić information content (AvgIpc) is 3.00. The number of aliphatic hydroxyl groups excluding tert-OH is 1. The van der Waals surface area contributed by atoms with E-state index in [0.717, 1.165) is 57.8 Å². The molecule has 3 saturated heterocycles. The van der Waals surface area contributed by atoms with Crippen molar-refractivity contribution >= 4 is 5.97 Å². The third-order valence-electron chi connectivity index (χ3n) is 6.40. The van der Waals surface area contributed by atoms with Gasteiger partial charge < -0.3 is 9.84 Å². The molecule has 6 nitrogen and oxygen atoms in total. The molecule has 1 spiro atoms. The first-order valence-electron chi connectivity index (χ1n) is 10.5. The summed E-state index contributed by atoms with van der Waals surface area (Å²) in [6.07, 6.45) is 0.661. The standard InChI is InChI=1S/C22H33N3O3/c1-16(2)9-24-14-22(15-24)13-23(11-19-8-20(26)12-25(19)22)10-17-5-4-6-18(7-17)21(27)28-3/h4-7,16,19-20,26H,8-15H2,1-3H3. The molecule has 2 atom stereocenters. The Kier molecular flexibility index (Phi) is 5.49. The van der Waals surface area contributed by atoms with Gasteiger partial charge in [0.05, 0.1) is 24.3 Å². The summed E-state index contributed by atoms with van der Waals surface area (Å²) in [4.78, 5) is 19.5. The molecule has 0 amide bonds. The summed E-state index contributed by atoms with van der Waals surface area (Å²) < 4.78 is 4.86. The number of methoxy groups -OCH3 is 1. The maximum atomic E-state index is 11.9. The first-order chi connectivity index (χ1) is 13.4. The fourth-order valence-corrected chi connectivity index (χ4v) is 5.52. The Labute approximate surface area is 168 Å². The molecule has 6 heteroatoms. The SMILES string of the molecule is COC(=O)c1cccc(CN2CC3CC(O)CN3C3(C2)CN(CC(C)C)C3)c1. The second-order valence-electron chi connectivity index (χ2n) is 9.35. The van der Waals surface area contributed by atoms with Crippen molar-refractivity contribution < 1.29 is 14.6 Å². The summed E-state index contributed by atoms with van der Waals surface area (Å²) in [7, 11) is 1.42. The van der Waals surface area contributed by atoms with Crippen LogP contribution in [0.25, 0.3) is 0 Å². The molecule has 154 valence electrons. The molecular formula is C22H33N3O3. The zero-order valence-corrected chi connectivity index (χ0v) is 17.3. The van der Waals surface area contributed by atoms with Gasteiger partial charge in [0.15, 0.2) is 0 Å². The largest absolute Gasteiger partial charge is 0.465 e. The first kappa shape index (κ1) is 19.8. The van der Waals surface area contributed by atoms with Crippen molar-refractivity contribution in [1.29, 1.82) is 0 Å². The van der Waals surface area contributed by atoms with Crippen LogP contribution in [0, 0.1) is 5.92 Å². The van der Waals surface area contributed by atoms with E-state index in [2.05, 4.69) is 34.6 Å². The van der Waals surface area contributed by atoms with Gasteiger partial charge in [-0.2, -0.15) is 0 Å². The van der Waals surface area contributed by atoms with Crippen molar-refractivity contribution in [3.05, 3.63) is 35.4 Å². The third kappa shape index (κ3) is 3.83. The van der Waals surface area contributed by atoms with Crippen LogP contribution in [-0.2, 0) is 11.3 Å². The summed E-state index contributed by atoms with van der Waals surface area (Å²) in [6, 6.07) is 8.19. The summed E-state index contributed by atoms with van der Waals surface area (Å²) in [5, 5.41) is 10.3. The lowest BCUT2D eigenvalue weighted by atomic mass is 9.83. The van der Waals surface area contributed by atoms with E-state index in [1.807, 2.05) is 12.1 Å². The van der Waals surface area contributed by atoms with E-state index in [4.69, 9.17) is 4.74 Å². The van der Waals surface area contributed by atoms with Gasteiger partial charge in [-0.15, -0.1) is 0 Å². The van der Waals surface area contributed by atoms with Gasteiger partial charge in [0, 0.05) is 51.9 Å². The Bertz CT molecular complexity index is 717. The lowest BCUT2D eigenvalue weighted by molar-refractivity contribution is -0.117. The molecule has 3 fully saturated rings. The molecule has 1 aromatic carbocycles. The average molecular weight is 388 g/mol. The van der Waals surface area contributed by atoms with Crippen LogP contribution in [0.5, 0.6) is 0 Å². The van der Waals surface area contributed by atoms with Gasteiger partial charge in [0.25, 0.3) is 0 Å². The Balaban J connectivity index is 1.48. The third-order valence-corrected chi connectivity index (χ3v) is 6.40. The predicted molar refractivity (Wildman–Crippen MR) is 108 cm³/mol. The summed E-state index contributed by atoms with van der Waals surface area (Å²) in [5.74, 6) is 0.392. The van der Waals surface area contributed by atoms with E-state index in [1.54, 1.807) is 6.07 Å². The molecule has 1 aromatic rings. The minimum Gasteiger partial charge on any atom is -0.465 e. The molecule has 0 radical (unpaired) electrons. The molecule has 3 aliphatic heterocycles. The Hall–Kier alpha value is -1.47. The van der Waals surface area contributed by atoms with E-state index in [1.165, 1.54) is 7.11 Å². The Morgan fingerprint density at radius 3 is 2.71 bits per heavy atom. The molecule has 3 heterocycles. The number of esters is 1. The fraction of sp³-hybridized carbons (Fsp3) is 0.682. The van der Waals surface area contributed by atoms with Crippen LogP contribution in [0.1, 0.15) is 36.2 Å². The van der Waals surface area contributed by atoms with Gasteiger partial charge in [0.1, 0.15) is 0 Å². The molecular weight excluding hydrogens is 354 g/mol. The quantitative estimate of drug-likeness (QED) is 0.772. The minimum atomic E-state index is -0.287. The molecule has 0 bridgehead atoms. The number of likely N-dealkylation sites (tertiary alicyclic amines) is 1. The molecule has 2 unspecified atom stereocenters. The summed E-state index contributed by atoms with van der Waals surface area (Å²) >= 11 is 0. The first-order valence-corrected chi connectivity index (χ1v) is 10.5. The number of ether oxygens (including phenoxy) is 1. The molecule has 0 aliphatic carbocycles.